The number of hydrogen-bond acceptors (Lipinski definition) is 8. The molecule has 0 unspecified atom stereocenters. The van der Waals surface area contributed by atoms with Gasteiger partial charge in [0.05, 0.1) is 24.3 Å². The monoisotopic (exact) mass is 386 g/mol. The van der Waals surface area contributed by atoms with E-state index >= 15 is 0 Å². The van der Waals surface area contributed by atoms with Crippen LogP contribution in [0.4, 0.5) is 0 Å². The van der Waals surface area contributed by atoms with Gasteiger partial charge in [-0.25, -0.2) is 16.8 Å². The molecule has 0 heterocycles. The van der Waals surface area contributed by atoms with Crippen molar-refractivity contribution in [1.29, 1.82) is 21.0 Å². The number of sulfonamides is 2. The third-order valence-electron chi connectivity index (χ3n) is 2.98. The zero-order valence-electron chi connectivity index (χ0n) is 13.5. The van der Waals surface area contributed by atoms with Gasteiger partial charge in [0.15, 0.2) is 5.08 Å². The molecule has 0 atom stereocenters. The van der Waals surface area contributed by atoms with Gasteiger partial charge in [-0.15, -0.1) is 0 Å². The maximum Gasteiger partial charge on any atom is 0.230 e. The Bertz CT molecular complexity index is 691. The standard InChI is InChI=1S/C13H18N6O4S2/c14-5-1-9-18(10-2-6-15)24(20,21)13-25(22,23)19(11-3-7-16)12-4-8-17/h1-4,9-13H2. The van der Waals surface area contributed by atoms with Gasteiger partial charge in [-0.2, -0.15) is 29.7 Å². The Morgan fingerprint density at radius 3 is 1.00 bits per heavy atom. The van der Waals surface area contributed by atoms with Gasteiger partial charge >= 0.3 is 0 Å². The summed E-state index contributed by atoms with van der Waals surface area (Å²) in [6, 6.07) is 7.07. The summed E-state index contributed by atoms with van der Waals surface area (Å²) in [5.74, 6) is 0. The van der Waals surface area contributed by atoms with E-state index in [-0.39, 0.29) is 51.9 Å². The normalized spacial score (nSPS) is 11.4. The topological polar surface area (TPSA) is 170 Å². The van der Waals surface area contributed by atoms with E-state index < -0.39 is 25.1 Å². The quantitative estimate of drug-likeness (QED) is 0.446. The molecule has 25 heavy (non-hydrogen) atoms. The third kappa shape index (κ3) is 8.44. The number of nitrogens with zero attached hydrogens (tertiary/aromatic N) is 6. The van der Waals surface area contributed by atoms with E-state index in [1.54, 1.807) is 24.3 Å². The molecule has 0 bridgehead atoms. The Morgan fingerprint density at radius 1 is 0.560 bits per heavy atom. The summed E-state index contributed by atoms with van der Waals surface area (Å²) in [5.41, 5.74) is 0. The fourth-order valence-corrected chi connectivity index (χ4v) is 5.99. The van der Waals surface area contributed by atoms with Gasteiger partial charge in [0, 0.05) is 51.9 Å². The fraction of sp³-hybridized carbons (Fsp3) is 0.692. The minimum absolute atomic E-state index is 0.142. The summed E-state index contributed by atoms with van der Waals surface area (Å²) in [7, 11) is -8.57. The third-order valence-corrected chi connectivity index (χ3v) is 7.66. The summed E-state index contributed by atoms with van der Waals surface area (Å²) in [6.45, 7) is -0.863. The zero-order valence-corrected chi connectivity index (χ0v) is 15.1. The molecule has 0 saturated heterocycles. The van der Waals surface area contributed by atoms with Crippen molar-refractivity contribution in [3.05, 3.63) is 0 Å². The molecule has 0 saturated carbocycles. The molecular weight excluding hydrogens is 368 g/mol. The van der Waals surface area contributed by atoms with Crippen molar-refractivity contribution in [2.24, 2.45) is 0 Å². The van der Waals surface area contributed by atoms with Gasteiger partial charge in [0.2, 0.25) is 20.0 Å². The zero-order chi connectivity index (χ0) is 19.3. The first-order valence-corrected chi connectivity index (χ1v) is 10.4. The van der Waals surface area contributed by atoms with E-state index in [9.17, 15) is 16.8 Å². The molecule has 0 aromatic heterocycles. The predicted molar refractivity (Wildman–Crippen MR) is 86.8 cm³/mol. The summed E-state index contributed by atoms with van der Waals surface area (Å²) >= 11 is 0. The molecule has 0 aromatic rings. The molecule has 0 radical (unpaired) electrons. The smallest absolute Gasteiger partial charge is 0.211 e. The van der Waals surface area contributed by atoms with Crippen LogP contribution in [0.2, 0.25) is 0 Å². The maximum absolute atomic E-state index is 12.4. The van der Waals surface area contributed by atoms with Gasteiger partial charge in [0.1, 0.15) is 0 Å². The van der Waals surface area contributed by atoms with Gasteiger partial charge in [-0.3, -0.25) is 0 Å². The average molecular weight is 386 g/mol. The minimum Gasteiger partial charge on any atom is -0.211 e. The van der Waals surface area contributed by atoms with Crippen molar-refractivity contribution < 1.29 is 16.8 Å². The molecule has 10 nitrogen and oxygen atoms in total. The summed E-state index contributed by atoms with van der Waals surface area (Å²) < 4.78 is 51.1. The van der Waals surface area contributed by atoms with E-state index in [1.807, 2.05) is 0 Å². The molecule has 0 amide bonds. The summed E-state index contributed by atoms with van der Waals surface area (Å²) in [4.78, 5) is 0. The van der Waals surface area contributed by atoms with Crippen LogP contribution in [0, 0.1) is 45.3 Å². The van der Waals surface area contributed by atoms with Crippen molar-refractivity contribution >= 4 is 20.0 Å². The Kier molecular flexibility index (Phi) is 10.3. The van der Waals surface area contributed by atoms with Gasteiger partial charge in [-0.1, -0.05) is 0 Å². The van der Waals surface area contributed by atoms with Crippen molar-refractivity contribution in [3.8, 4) is 24.3 Å². The molecular formula is C13H18N6O4S2. The van der Waals surface area contributed by atoms with E-state index in [4.69, 9.17) is 21.0 Å². The van der Waals surface area contributed by atoms with Crippen LogP contribution in [0.1, 0.15) is 25.7 Å². The molecule has 0 aliphatic heterocycles. The van der Waals surface area contributed by atoms with Crippen molar-refractivity contribution in [1.82, 2.24) is 8.61 Å². The van der Waals surface area contributed by atoms with Gasteiger partial charge in [-0.05, 0) is 0 Å². The second-order valence-corrected chi connectivity index (χ2v) is 9.08. The Balaban J connectivity index is 5.40. The molecule has 0 rings (SSSR count). The van der Waals surface area contributed by atoms with E-state index in [0.717, 1.165) is 8.61 Å². The van der Waals surface area contributed by atoms with Crippen molar-refractivity contribution in [2.45, 2.75) is 25.7 Å². The number of hydrogen-bond donors (Lipinski definition) is 0. The summed E-state index contributed by atoms with van der Waals surface area (Å²) in [5, 5.41) is 33.1. The van der Waals surface area contributed by atoms with E-state index in [0.29, 0.717) is 0 Å². The lowest BCUT2D eigenvalue weighted by Crippen LogP contribution is -2.42. The van der Waals surface area contributed by atoms with Crippen LogP contribution in [-0.4, -0.2) is 56.7 Å². The summed E-state index contributed by atoms with van der Waals surface area (Å²) in [6.07, 6.45) is -0.566. The molecule has 0 aliphatic rings. The van der Waals surface area contributed by atoms with Crippen LogP contribution in [0.5, 0.6) is 0 Å². The largest absolute Gasteiger partial charge is 0.230 e. The van der Waals surface area contributed by atoms with Crippen LogP contribution in [0.25, 0.3) is 0 Å². The Hall–Kier alpha value is -2.22. The number of rotatable bonds is 12. The highest BCUT2D eigenvalue weighted by Crippen LogP contribution is 2.12. The van der Waals surface area contributed by atoms with Crippen LogP contribution in [0.3, 0.4) is 0 Å². The average Bonchev–Trinajstić information content (AvgIpc) is 2.53. The Labute approximate surface area is 148 Å². The van der Waals surface area contributed by atoms with Crippen LogP contribution >= 0.6 is 0 Å². The lowest BCUT2D eigenvalue weighted by atomic mass is 10.4. The Morgan fingerprint density at radius 2 is 0.800 bits per heavy atom. The lowest BCUT2D eigenvalue weighted by Gasteiger charge is -2.24. The molecule has 0 aliphatic carbocycles. The molecule has 0 aromatic carbocycles. The highest BCUT2D eigenvalue weighted by atomic mass is 32.3. The van der Waals surface area contributed by atoms with Gasteiger partial charge in [0.25, 0.3) is 0 Å². The minimum atomic E-state index is -4.28. The SMILES string of the molecule is N#CCCN(CCC#N)S(=O)(=O)CS(=O)(=O)N(CCC#N)CCC#N. The lowest BCUT2D eigenvalue weighted by molar-refractivity contribution is 0.416. The molecule has 12 heteroatoms. The first-order chi connectivity index (χ1) is 11.7. The second kappa shape index (κ2) is 11.4. The molecule has 0 N–H and O–H groups in total. The number of nitriles is 4. The van der Waals surface area contributed by atoms with E-state index in [1.165, 1.54) is 0 Å². The van der Waals surface area contributed by atoms with Gasteiger partial charge < -0.3 is 0 Å². The molecule has 0 fully saturated rings. The van der Waals surface area contributed by atoms with Crippen LogP contribution in [-0.2, 0) is 20.0 Å². The van der Waals surface area contributed by atoms with Crippen molar-refractivity contribution in [3.63, 3.8) is 0 Å². The van der Waals surface area contributed by atoms with E-state index in [2.05, 4.69) is 0 Å². The molecule has 136 valence electrons. The highest BCUT2D eigenvalue weighted by Gasteiger charge is 2.32. The van der Waals surface area contributed by atoms with Crippen LogP contribution < -0.4 is 0 Å². The first-order valence-electron chi connectivity index (χ1n) is 7.18. The van der Waals surface area contributed by atoms with Crippen molar-refractivity contribution in [2.75, 3.05) is 31.3 Å². The first kappa shape index (κ1) is 22.8. The predicted octanol–water partition coefficient (Wildman–Crippen LogP) is -0.138. The maximum atomic E-state index is 12.4. The second-order valence-electron chi connectivity index (χ2n) is 4.77. The molecule has 0 spiro atoms. The highest BCUT2D eigenvalue weighted by molar-refractivity contribution is 8.05. The fourth-order valence-electron chi connectivity index (χ4n) is 1.82. The van der Waals surface area contributed by atoms with Crippen LogP contribution in [0.15, 0.2) is 0 Å².